The first-order valence-electron chi connectivity index (χ1n) is 5.56. The van der Waals surface area contributed by atoms with Crippen molar-refractivity contribution in [2.24, 2.45) is 12.8 Å². The van der Waals surface area contributed by atoms with Crippen LogP contribution in [0, 0.1) is 0 Å². The summed E-state index contributed by atoms with van der Waals surface area (Å²) in [7, 11) is 1.96. The molecular weight excluding hydrogens is 198 g/mol. The molecule has 0 aliphatic heterocycles. The van der Waals surface area contributed by atoms with E-state index in [4.69, 9.17) is 5.73 Å². The summed E-state index contributed by atoms with van der Waals surface area (Å²) in [6, 6.07) is 8.36. The number of nitrogens with zero attached hydrogens (tertiary/aromatic N) is 2. The van der Waals surface area contributed by atoms with Crippen LogP contribution in [-0.2, 0) is 20.0 Å². The van der Waals surface area contributed by atoms with Crippen molar-refractivity contribution in [1.82, 2.24) is 9.78 Å². The van der Waals surface area contributed by atoms with E-state index < -0.39 is 0 Å². The zero-order valence-electron chi connectivity index (χ0n) is 9.77. The molecule has 0 radical (unpaired) electrons. The third-order valence-electron chi connectivity index (χ3n) is 2.74. The minimum Gasteiger partial charge on any atom is -0.326 e. The van der Waals surface area contributed by atoms with E-state index >= 15 is 0 Å². The predicted molar refractivity (Wildman–Crippen MR) is 65.9 cm³/mol. The van der Waals surface area contributed by atoms with Gasteiger partial charge in [0.15, 0.2) is 0 Å². The Morgan fingerprint density at radius 2 is 1.94 bits per heavy atom. The molecule has 0 fully saturated rings. The topological polar surface area (TPSA) is 43.8 Å². The number of rotatable bonds is 3. The minimum atomic E-state index is 0.591. The number of aromatic nitrogens is 2. The van der Waals surface area contributed by atoms with Crippen LogP contribution in [0.25, 0.3) is 11.1 Å². The summed E-state index contributed by atoms with van der Waals surface area (Å²) in [6.07, 6.45) is 3.02. The number of benzene rings is 1. The predicted octanol–water partition coefficient (Wildman–Crippen LogP) is 2.11. The molecule has 0 spiro atoms. The van der Waals surface area contributed by atoms with Gasteiger partial charge in [-0.2, -0.15) is 5.10 Å². The third-order valence-corrected chi connectivity index (χ3v) is 2.74. The van der Waals surface area contributed by atoms with Crippen LogP contribution in [0.3, 0.4) is 0 Å². The number of hydrogen-bond acceptors (Lipinski definition) is 2. The number of hydrogen-bond donors (Lipinski definition) is 1. The summed E-state index contributed by atoms with van der Waals surface area (Å²) >= 11 is 0. The summed E-state index contributed by atoms with van der Waals surface area (Å²) in [6.45, 7) is 2.72. The highest BCUT2D eigenvalue weighted by atomic mass is 15.2. The van der Waals surface area contributed by atoms with Gasteiger partial charge in [0.1, 0.15) is 0 Å². The molecular formula is C13H17N3. The van der Waals surface area contributed by atoms with Gasteiger partial charge in [0.25, 0.3) is 0 Å². The Bertz CT molecular complexity index is 468. The molecule has 3 nitrogen and oxygen atoms in total. The van der Waals surface area contributed by atoms with Gasteiger partial charge in [-0.3, -0.25) is 4.68 Å². The monoisotopic (exact) mass is 215 g/mol. The molecule has 16 heavy (non-hydrogen) atoms. The van der Waals surface area contributed by atoms with Gasteiger partial charge < -0.3 is 5.73 Å². The Morgan fingerprint density at radius 1 is 1.25 bits per heavy atom. The molecule has 0 saturated carbocycles. The van der Waals surface area contributed by atoms with E-state index in [0.717, 1.165) is 17.7 Å². The minimum absolute atomic E-state index is 0.591. The molecule has 1 aromatic heterocycles. The first kappa shape index (κ1) is 10.9. The molecule has 84 valence electrons. The van der Waals surface area contributed by atoms with Crippen LogP contribution in [0.4, 0.5) is 0 Å². The van der Waals surface area contributed by atoms with E-state index in [1.54, 1.807) is 0 Å². The van der Waals surface area contributed by atoms with Crippen LogP contribution in [-0.4, -0.2) is 9.78 Å². The van der Waals surface area contributed by atoms with Crippen LogP contribution in [0.5, 0.6) is 0 Å². The van der Waals surface area contributed by atoms with E-state index in [1.807, 2.05) is 11.7 Å². The van der Waals surface area contributed by atoms with Crippen LogP contribution in [0.1, 0.15) is 18.2 Å². The van der Waals surface area contributed by atoms with E-state index in [9.17, 15) is 0 Å². The number of nitrogens with two attached hydrogens (primary N) is 1. The fraction of sp³-hybridized carbons (Fsp3) is 0.308. The molecule has 1 heterocycles. The standard InChI is InChI=1S/C13H17N3/c1-3-13-12(9-16(2)15-13)11-6-4-10(8-14)5-7-11/h4-7,9H,3,8,14H2,1-2H3. The van der Waals surface area contributed by atoms with E-state index in [1.165, 1.54) is 11.1 Å². The average molecular weight is 215 g/mol. The van der Waals surface area contributed by atoms with Gasteiger partial charge in [-0.05, 0) is 17.5 Å². The van der Waals surface area contributed by atoms with Crippen molar-refractivity contribution in [3.8, 4) is 11.1 Å². The van der Waals surface area contributed by atoms with Gasteiger partial charge in [-0.1, -0.05) is 31.2 Å². The molecule has 0 bridgehead atoms. The molecule has 0 aliphatic rings. The van der Waals surface area contributed by atoms with Crippen molar-refractivity contribution in [2.45, 2.75) is 19.9 Å². The largest absolute Gasteiger partial charge is 0.326 e. The smallest absolute Gasteiger partial charge is 0.0700 e. The quantitative estimate of drug-likeness (QED) is 0.852. The summed E-state index contributed by atoms with van der Waals surface area (Å²) < 4.78 is 1.87. The lowest BCUT2D eigenvalue weighted by Crippen LogP contribution is -1.95. The first-order chi connectivity index (χ1) is 7.74. The Kier molecular flexibility index (Phi) is 3.06. The zero-order valence-corrected chi connectivity index (χ0v) is 9.77. The first-order valence-corrected chi connectivity index (χ1v) is 5.56. The highest BCUT2D eigenvalue weighted by Gasteiger charge is 2.07. The zero-order chi connectivity index (χ0) is 11.5. The Hall–Kier alpha value is -1.61. The van der Waals surface area contributed by atoms with E-state index in [-0.39, 0.29) is 0 Å². The van der Waals surface area contributed by atoms with Crippen LogP contribution >= 0.6 is 0 Å². The van der Waals surface area contributed by atoms with Crippen LogP contribution in [0.2, 0.25) is 0 Å². The van der Waals surface area contributed by atoms with Crippen molar-refractivity contribution >= 4 is 0 Å². The maximum Gasteiger partial charge on any atom is 0.0700 e. The van der Waals surface area contributed by atoms with Crippen molar-refractivity contribution in [1.29, 1.82) is 0 Å². The Labute approximate surface area is 95.9 Å². The highest BCUT2D eigenvalue weighted by Crippen LogP contribution is 2.23. The summed E-state index contributed by atoms with van der Waals surface area (Å²) in [5.41, 5.74) is 10.3. The van der Waals surface area contributed by atoms with Crippen molar-refractivity contribution in [3.63, 3.8) is 0 Å². The molecule has 3 heteroatoms. The molecule has 2 N–H and O–H groups in total. The van der Waals surface area contributed by atoms with E-state index in [0.29, 0.717) is 6.54 Å². The maximum atomic E-state index is 5.58. The molecule has 2 rings (SSSR count). The summed E-state index contributed by atoms with van der Waals surface area (Å²) in [5, 5.41) is 4.44. The lowest BCUT2D eigenvalue weighted by molar-refractivity contribution is 0.746. The van der Waals surface area contributed by atoms with Crippen molar-refractivity contribution in [2.75, 3.05) is 0 Å². The molecule has 2 aromatic rings. The Balaban J connectivity index is 2.41. The molecule has 0 atom stereocenters. The molecule has 0 amide bonds. The van der Waals surface area contributed by atoms with Gasteiger partial charge in [0.2, 0.25) is 0 Å². The normalized spacial score (nSPS) is 10.7. The number of aryl methyl sites for hydroxylation is 2. The van der Waals surface area contributed by atoms with Crippen LogP contribution in [0.15, 0.2) is 30.5 Å². The lowest BCUT2D eigenvalue weighted by Gasteiger charge is -2.02. The van der Waals surface area contributed by atoms with Gasteiger partial charge >= 0.3 is 0 Å². The molecule has 0 aliphatic carbocycles. The second-order valence-corrected chi connectivity index (χ2v) is 3.92. The van der Waals surface area contributed by atoms with Gasteiger partial charge in [-0.15, -0.1) is 0 Å². The SMILES string of the molecule is CCc1nn(C)cc1-c1ccc(CN)cc1. The fourth-order valence-corrected chi connectivity index (χ4v) is 1.86. The van der Waals surface area contributed by atoms with Gasteiger partial charge in [0, 0.05) is 25.4 Å². The van der Waals surface area contributed by atoms with E-state index in [2.05, 4.69) is 42.5 Å². The molecule has 1 aromatic carbocycles. The second-order valence-electron chi connectivity index (χ2n) is 3.92. The van der Waals surface area contributed by atoms with Crippen molar-refractivity contribution < 1.29 is 0 Å². The second kappa shape index (κ2) is 4.49. The Morgan fingerprint density at radius 3 is 2.50 bits per heavy atom. The third kappa shape index (κ3) is 1.99. The average Bonchev–Trinajstić information content (AvgIpc) is 2.70. The maximum absolute atomic E-state index is 5.58. The summed E-state index contributed by atoms with van der Waals surface area (Å²) in [4.78, 5) is 0. The van der Waals surface area contributed by atoms with Gasteiger partial charge in [-0.25, -0.2) is 0 Å². The lowest BCUT2D eigenvalue weighted by atomic mass is 10.0. The van der Waals surface area contributed by atoms with Crippen molar-refractivity contribution in [3.05, 3.63) is 41.7 Å². The van der Waals surface area contributed by atoms with Gasteiger partial charge in [0.05, 0.1) is 5.69 Å². The molecule has 0 unspecified atom stereocenters. The fourth-order valence-electron chi connectivity index (χ4n) is 1.86. The van der Waals surface area contributed by atoms with Crippen LogP contribution < -0.4 is 5.73 Å². The highest BCUT2D eigenvalue weighted by molar-refractivity contribution is 5.65. The molecule has 0 saturated heterocycles. The summed E-state index contributed by atoms with van der Waals surface area (Å²) in [5.74, 6) is 0.